The summed E-state index contributed by atoms with van der Waals surface area (Å²) >= 11 is 0. The van der Waals surface area contributed by atoms with Gasteiger partial charge in [0.25, 0.3) is 5.91 Å². The third-order valence-electron chi connectivity index (χ3n) is 7.44. The number of pyridine rings is 1. The molecule has 13 heteroatoms. The van der Waals surface area contributed by atoms with E-state index in [0.717, 1.165) is 5.56 Å². The van der Waals surface area contributed by atoms with Crippen molar-refractivity contribution in [2.45, 2.75) is 33.3 Å². The molecule has 244 valence electrons. The lowest BCUT2D eigenvalue weighted by Crippen LogP contribution is -2.53. The Morgan fingerprint density at radius 3 is 2.24 bits per heavy atom. The molecule has 1 saturated heterocycles. The molecular formula is C33H38N4O9. The van der Waals surface area contributed by atoms with Crippen LogP contribution in [0.5, 0.6) is 5.75 Å². The number of carbonyl (C=O) groups excluding carboxylic acids is 4. The summed E-state index contributed by atoms with van der Waals surface area (Å²) in [5, 5.41) is 13.0. The molecule has 0 radical (unpaired) electrons. The molecule has 0 aliphatic carbocycles. The molecule has 1 aromatic heterocycles. The molecule has 2 unspecified atom stereocenters. The normalized spacial score (nSPS) is 14.2. The van der Waals surface area contributed by atoms with Crippen molar-refractivity contribution >= 4 is 40.7 Å². The van der Waals surface area contributed by atoms with Gasteiger partial charge in [0.15, 0.2) is 0 Å². The van der Waals surface area contributed by atoms with Gasteiger partial charge in [0.1, 0.15) is 17.4 Å². The highest BCUT2D eigenvalue weighted by Gasteiger charge is 2.33. The first kappa shape index (κ1) is 33.7. The molecule has 3 aromatic rings. The SMILES string of the molecule is CCOC(=O)C(Oc1cc(C(=O)NCCC(C(=O)O)C(=O)N2CCN(C(=O)OCC)CC2)nc2cc(C)ccc12)c1ccccc1. The first-order valence-electron chi connectivity index (χ1n) is 15.1. The minimum Gasteiger partial charge on any atom is -0.481 e. The average Bonchev–Trinajstić information content (AvgIpc) is 3.05. The number of piperazine rings is 1. The van der Waals surface area contributed by atoms with E-state index in [0.29, 0.717) is 16.5 Å². The van der Waals surface area contributed by atoms with E-state index in [2.05, 4.69) is 10.3 Å². The van der Waals surface area contributed by atoms with Gasteiger partial charge in [-0.15, -0.1) is 0 Å². The van der Waals surface area contributed by atoms with E-state index < -0.39 is 41.9 Å². The van der Waals surface area contributed by atoms with Crippen molar-refractivity contribution < 1.29 is 43.3 Å². The van der Waals surface area contributed by atoms with Gasteiger partial charge in [-0.3, -0.25) is 14.4 Å². The highest BCUT2D eigenvalue weighted by Crippen LogP contribution is 2.31. The molecule has 1 aliphatic heterocycles. The van der Waals surface area contributed by atoms with Crippen LogP contribution in [0.1, 0.15) is 48.0 Å². The summed E-state index contributed by atoms with van der Waals surface area (Å²) in [6.07, 6.45) is -1.74. The average molecular weight is 635 g/mol. The van der Waals surface area contributed by atoms with Gasteiger partial charge >= 0.3 is 18.0 Å². The molecule has 2 heterocycles. The van der Waals surface area contributed by atoms with Crippen LogP contribution in [0, 0.1) is 12.8 Å². The molecule has 13 nitrogen and oxygen atoms in total. The number of hydrogen-bond donors (Lipinski definition) is 2. The number of nitrogens with zero attached hydrogens (tertiary/aromatic N) is 3. The fourth-order valence-electron chi connectivity index (χ4n) is 5.06. The first-order valence-corrected chi connectivity index (χ1v) is 15.1. The van der Waals surface area contributed by atoms with Gasteiger partial charge < -0.3 is 34.4 Å². The molecule has 2 atom stereocenters. The number of aromatic nitrogens is 1. The number of esters is 1. The Hall–Kier alpha value is -5.20. The zero-order valence-corrected chi connectivity index (χ0v) is 26.1. The second kappa shape index (κ2) is 15.7. The Balaban J connectivity index is 1.48. The number of aryl methyl sites for hydroxylation is 1. The van der Waals surface area contributed by atoms with Crippen LogP contribution in [0.15, 0.2) is 54.6 Å². The van der Waals surface area contributed by atoms with E-state index in [1.807, 2.05) is 19.1 Å². The van der Waals surface area contributed by atoms with Crippen molar-refractivity contribution in [1.82, 2.24) is 20.1 Å². The van der Waals surface area contributed by atoms with Crippen LogP contribution in [0.3, 0.4) is 0 Å². The van der Waals surface area contributed by atoms with Gasteiger partial charge in [0.2, 0.25) is 12.0 Å². The molecule has 0 spiro atoms. The number of benzene rings is 2. The minimum absolute atomic E-state index is 0.0166. The molecule has 1 aliphatic rings. The van der Waals surface area contributed by atoms with E-state index in [-0.39, 0.29) is 63.8 Å². The zero-order chi connectivity index (χ0) is 33.2. The maximum atomic E-state index is 13.3. The summed E-state index contributed by atoms with van der Waals surface area (Å²) in [6, 6.07) is 15.7. The van der Waals surface area contributed by atoms with Crippen LogP contribution in [0.25, 0.3) is 10.9 Å². The number of carbonyl (C=O) groups is 5. The molecule has 46 heavy (non-hydrogen) atoms. The number of carboxylic acids is 1. The smallest absolute Gasteiger partial charge is 0.409 e. The lowest BCUT2D eigenvalue weighted by atomic mass is 10.0. The van der Waals surface area contributed by atoms with Crippen LogP contribution in [0.2, 0.25) is 0 Å². The summed E-state index contributed by atoms with van der Waals surface area (Å²) in [5.74, 6) is -4.27. The highest BCUT2D eigenvalue weighted by atomic mass is 16.6. The number of hydrogen-bond acceptors (Lipinski definition) is 9. The van der Waals surface area contributed by atoms with Crippen molar-refractivity contribution in [1.29, 1.82) is 0 Å². The van der Waals surface area contributed by atoms with Crippen LogP contribution >= 0.6 is 0 Å². The maximum Gasteiger partial charge on any atom is 0.409 e. The number of carboxylic acid groups (broad SMARTS) is 1. The van der Waals surface area contributed by atoms with Gasteiger partial charge in [-0.1, -0.05) is 36.4 Å². The van der Waals surface area contributed by atoms with Gasteiger partial charge in [0, 0.05) is 49.7 Å². The topological polar surface area (TPSA) is 165 Å². The lowest BCUT2D eigenvalue weighted by molar-refractivity contribution is -0.153. The largest absolute Gasteiger partial charge is 0.481 e. The fourth-order valence-corrected chi connectivity index (χ4v) is 5.06. The van der Waals surface area contributed by atoms with Crippen molar-refractivity contribution in [3.8, 4) is 5.75 Å². The van der Waals surface area contributed by atoms with Crippen molar-refractivity contribution in [2.75, 3.05) is 45.9 Å². The van der Waals surface area contributed by atoms with E-state index >= 15 is 0 Å². The Morgan fingerprint density at radius 1 is 0.913 bits per heavy atom. The number of aliphatic carboxylic acids is 1. The Labute approximate surface area is 266 Å². The molecule has 0 saturated carbocycles. The Kier molecular flexibility index (Phi) is 11.5. The summed E-state index contributed by atoms with van der Waals surface area (Å²) in [5.41, 5.74) is 1.89. The highest BCUT2D eigenvalue weighted by molar-refractivity contribution is 5.98. The predicted molar refractivity (Wildman–Crippen MR) is 166 cm³/mol. The second-order valence-corrected chi connectivity index (χ2v) is 10.6. The molecule has 0 bridgehead atoms. The lowest BCUT2D eigenvalue weighted by Gasteiger charge is -2.35. The number of ether oxygens (including phenoxy) is 3. The molecule has 4 rings (SSSR count). The van der Waals surface area contributed by atoms with E-state index in [9.17, 15) is 29.1 Å². The van der Waals surface area contributed by atoms with Crippen molar-refractivity contribution in [3.63, 3.8) is 0 Å². The summed E-state index contributed by atoms with van der Waals surface area (Å²) in [6.45, 7) is 6.34. The van der Waals surface area contributed by atoms with Crippen molar-refractivity contribution in [2.24, 2.45) is 5.92 Å². The summed E-state index contributed by atoms with van der Waals surface area (Å²) in [4.78, 5) is 70.6. The van der Waals surface area contributed by atoms with Gasteiger partial charge in [-0.2, -0.15) is 0 Å². The number of amides is 3. The third-order valence-corrected chi connectivity index (χ3v) is 7.44. The quantitative estimate of drug-likeness (QED) is 0.223. The maximum absolute atomic E-state index is 13.3. The number of nitrogens with one attached hydrogen (secondary N) is 1. The molecule has 2 aromatic carbocycles. The predicted octanol–water partition coefficient (Wildman–Crippen LogP) is 3.35. The molecule has 1 fully saturated rings. The monoisotopic (exact) mass is 634 g/mol. The minimum atomic E-state index is -1.39. The van der Waals surface area contributed by atoms with Crippen LogP contribution in [0.4, 0.5) is 4.79 Å². The van der Waals surface area contributed by atoms with Gasteiger partial charge in [-0.25, -0.2) is 14.6 Å². The number of rotatable bonds is 12. The summed E-state index contributed by atoms with van der Waals surface area (Å²) < 4.78 is 16.5. The van der Waals surface area contributed by atoms with Crippen LogP contribution < -0.4 is 10.1 Å². The summed E-state index contributed by atoms with van der Waals surface area (Å²) in [7, 11) is 0. The van der Waals surface area contributed by atoms with E-state index in [1.54, 1.807) is 50.2 Å². The first-order chi connectivity index (χ1) is 22.1. The molecule has 3 amide bonds. The third kappa shape index (κ3) is 8.29. The number of fused-ring (bicyclic) bond motifs is 1. The van der Waals surface area contributed by atoms with Gasteiger partial charge in [0.05, 0.1) is 18.7 Å². The Bertz CT molecular complexity index is 1570. The molecule has 2 N–H and O–H groups in total. The molecular weight excluding hydrogens is 596 g/mol. The second-order valence-electron chi connectivity index (χ2n) is 10.6. The van der Waals surface area contributed by atoms with Crippen LogP contribution in [-0.4, -0.2) is 95.7 Å². The Morgan fingerprint density at radius 2 is 1.59 bits per heavy atom. The fraction of sp³-hybridized carbons (Fsp3) is 0.394. The van der Waals surface area contributed by atoms with E-state index in [1.165, 1.54) is 15.9 Å². The van der Waals surface area contributed by atoms with Crippen LogP contribution in [-0.2, 0) is 23.9 Å². The van der Waals surface area contributed by atoms with E-state index in [4.69, 9.17) is 14.2 Å². The van der Waals surface area contributed by atoms with Crippen molar-refractivity contribution in [3.05, 3.63) is 71.4 Å². The standard InChI is InChI=1S/C33H38N4O9/c1-4-44-32(42)28(22-9-7-6-8-10-22)46-27-20-26(35-25-19-21(3)11-12-23(25)27)29(38)34-14-13-24(31(40)41)30(39)36-15-17-37(18-16-36)33(43)45-5-2/h6-12,19-20,24,28H,4-5,13-18H2,1-3H3,(H,34,38)(H,40,41). The zero-order valence-electron chi connectivity index (χ0n) is 26.1. The van der Waals surface area contributed by atoms with Gasteiger partial charge in [-0.05, 0) is 44.9 Å².